The van der Waals surface area contributed by atoms with Gasteiger partial charge in [0.05, 0.1) is 11.4 Å². The van der Waals surface area contributed by atoms with Crippen LogP contribution < -0.4 is 16.2 Å². The summed E-state index contributed by atoms with van der Waals surface area (Å²) < 4.78 is 0. The fraction of sp³-hybridized carbons (Fsp3) is 0.125. The number of carbonyl (C=O) groups excluding carboxylic acids is 2. The van der Waals surface area contributed by atoms with Gasteiger partial charge in [0, 0.05) is 24.4 Å². The maximum absolute atomic E-state index is 12.3. The molecule has 0 fully saturated rings. The first-order chi connectivity index (χ1) is 11.6. The number of amides is 3. The number of anilines is 1. The van der Waals surface area contributed by atoms with Crippen LogP contribution in [0.2, 0.25) is 0 Å². The Morgan fingerprint density at radius 3 is 2.67 bits per heavy atom. The molecule has 8 heteroatoms. The highest BCUT2D eigenvalue weighted by Crippen LogP contribution is 2.17. The molecule has 1 unspecified atom stereocenters. The molecule has 0 saturated heterocycles. The molecule has 122 valence electrons. The van der Waals surface area contributed by atoms with Gasteiger partial charge in [0.2, 0.25) is 6.10 Å². The molecule has 1 aliphatic rings. The summed E-state index contributed by atoms with van der Waals surface area (Å²) in [5.41, 5.74) is 9.63. The Balaban J connectivity index is 1.66. The number of hydrogen-bond acceptors (Lipinski definition) is 5. The van der Waals surface area contributed by atoms with Crippen molar-refractivity contribution in [3.63, 3.8) is 0 Å². The quantitative estimate of drug-likeness (QED) is 0.826. The van der Waals surface area contributed by atoms with Gasteiger partial charge in [-0.25, -0.2) is 9.80 Å². The van der Waals surface area contributed by atoms with Crippen LogP contribution in [0.15, 0.2) is 60.0 Å². The third kappa shape index (κ3) is 3.32. The van der Waals surface area contributed by atoms with Crippen molar-refractivity contribution in [3.8, 4) is 0 Å². The Bertz CT molecular complexity index is 764. The predicted molar refractivity (Wildman–Crippen MR) is 86.9 cm³/mol. The lowest BCUT2D eigenvalue weighted by Gasteiger charge is -2.22. The van der Waals surface area contributed by atoms with Crippen molar-refractivity contribution in [1.29, 1.82) is 0 Å². The number of urea groups is 1. The molecule has 0 radical (unpaired) electrons. The molecule has 0 saturated carbocycles. The van der Waals surface area contributed by atoms with Crippen molar-refractivity contribution in [2.24, 2.45) is 10.9 Å². The zero-order chi connectivity index (χ0) is 16.9. The number of nitrogens with one attached hydrogen (secondary N) is 1. The van der Waals surface area contributed by atoms with Gasteiger partial charge in [-0.15, -0.1) is 0 Å². The van der Waals surface area contributed by atoms with E-state index in [1.165, 1.54) is 0 Å². The van der Waals surface area contributed by atoms with Gasteiger partial charge in [0.15, 0.2) is 0 Å². The third-order valence-corrected chi connectivity index (χ3v) is 3.41. The molecule has 3 rings (SSSR count). The van der Waals surface area contributed by atoms with Crippen LogP contribution in [-0.4, -0.2) is 28.7 Å². The first kappa shape index (κ1) is 15.5. The maximum Gasteiger partial charge on any atom is 0.338 e. The minimum atomic E-state index is -0.842. The molecule has 2 heterocycles. The van der Waals surface area contributed by atoms with E-state index in [9.17, 15) is 9.59 Å². The molecule has 3 N–H and O–H groups in total. The van der Waals surface area contributed by atoms with Crippen molar-refractivity contribution in [3.05, 3.63) is 60.4 Å². The van der Waals surface area contributed by atoms with E-state index >= 15 is 0 Å². The lowest BCUT2D eigenvalue weighted by atomic mass is 10.1. The van der Waals surface area contributed by atoms with E-state index in [-0.39, 0.29) is 6.42 Å². The summed E-state index contributed by atoms with van der Waals surface area (Å²) in [6.45, 7) is 0. The molecule has 1 atom stereocenters. The smallest absolute Gasteiger partial charge is 0.338 e. The van der Waals surface area contributed by atoms with Gasteiger partial charge in [-0.3, -0.25) is 15.2 Å². The predicted octanol–water partition coefficient (Wildman–Crippen LogP) is 1.19. The SMILES string of the molecule is NC(=O)N(NC(=O)C1CC(c2cccnc2)=NO1)c1ccccc1. The molecule has 1 aliphatic heterocycles. The summed E-state index contributed by atoms with van der Waals surface area (Å²) in [6, 6.07) is 11.3. The molecule has 8 nitrogen and oxygen atoms in total. The van der Waals surface area contributed by atoms with E-state index < -0.39 is 18.0 Å². The number of hydrazine groups is 1. The number of nitrogens with two attached hydrogens (primary N) is 1. The molecular formula is C16H15N5O3. The lowest BCUT2D eigenvalue weighted by Crippen LogP contribution is -2.52. The minimum Gasteiger partial charge on any atom is -0.382 e. The van der Waals surface area contributed by atoms with E-state index in [0.29, 0.717) is 11.4 Å². The van der Waals surface area contributed by atoms with Crippen LogP contribution in [0.25, 0.3) is 0 Å². The molecule has 0 aliphatic carbocycles. The van der Waals surface area contributed by atoms with Crippen molar-refractivity contribution in [1.82, 2.24) is 10.4 Å². The van der Waals surface area contributed by atoms with Gasteiger partial charge in [-0.2, -0.15) is 0 Å². The second-order valence-corrected chi connectivity index (χ2v) is 5.06. The highest BCUT2D eigenvalue weighted by atomic mass is 16.6. The molecule has 1 aromatic carbocycles. The largest absolute Gasteiger partial charge is 0.382 e. The molecule has 0 bridgehead atoms. The standard InChI is InChI=1S/C16H15N5O3/c17-16(23)21(12-6-2-1-3-7-12)19-15(22)14-9-13(20-24-14)11-5-4-8-18-10-11/h1-8,10,14H,9H2,(H2,17,23)(H,19,22). The second kappa shape index (κ2) is 6.78. The van der Waals surface area contributed by atoms with Gasteiger partial charge >= 0.3 is 6.03 Å². The number of hydrogen-bond donors (Lipinski definition) is 2. The molecule has 3 amide bonds. The molecule has 1 aromatic heterocycles. The highest BCUT2D eigenvalue weighted by Gasteiger charge is 2.31. The summed E-state index contributed by atoms with van der Waals surface area (Å²) in [7, 11) is 0. The van der Waals surface area contributed by atoms with Gasteiger partial charge in [0.25, 0.3) is 5.91 Å². The van der Waals surface area contributed by atoms with Gasteiger partial charge in [0.1, 0.15) is 0 Å². The maximum atomic E-state index is 12.3. The first-order valence-corrected chi connectivity index (χ1v) is 7.23. The Kier molecular flexibility index (Phi) is 4.37. The monoisotopic (exact) mass is 325 g/mol. The number of para-hydroxylation sites is 1. The van der Waals surface area contributed by atoms with E-state index in [1.54, 1.807) is 48.8 Å². The molecule has 2 aromatic rings. The van der Waals surface area contributed by atoms with E-state index in [4.69, 9.17) is 10.6 Å². The summed E-state index contributed by atoms with van der Waals surface area (Å²) in [4.78, 5) is 33.1. The number of rotatable bonds is 3. The Morgan fingerprint density at radius 1 is 1.21 bits per heavy atom. The first-order valence-electron chi connectivity index (χ1n) is 7.23. The van der Waals surface area contributed by atoms with E-state index in [2.05, 4.69) is 15.6 Å². The third-order valence-electron chi connectivity index (χ3n) is 3.41. The van der Waals surface area contributed by atoms with Crippen molar-refractivity contribution in [2.45, 2.75) is 12.5 Å². The topological polar surface area (TPSA) is 110 Å². The molecule has 24 heavy (non-hydrogen) atoms. The molecular weight excluding hydrogens is 310 g/mol. The Labute approximate surface area is 137 Å². The number of oxime groups is 1. The van der Waals surface area contributed by atoms with Gasteiger partial charge in [-0.05, 0) is 24.3 Å². The van der Waals surface area contributed by atoms with Crippen LogP contribution >= 0.6 is 0 Å². The van der Waals surface area contributed by atoms with Crippen LogP contribution in [0, 0.1) is 0 Å². The van der Waals surface area contributed by atoms with Crippen LogP contribution in [0.1, 0.15) is 12.0 Å². The number of benzene rings is 1. The normalized spacial score (nSPS) is 16.0. The number of carbonyl (C=O) groups is 2. The van der Waals surface area contributed by atoms with Crippen LogP contribution in [0.3, 0.4) is 0 Å². The fourth-order valence-corrected chi connectivity index (χ4v) is 2.23. The summed E-state index contributed by atoms with van der Waals surface area (Å²) >= 11 is 0. The average molecular weight is 325 g/mol. The number of pyridine rings is 1. The van der Waals surface area contributed by atoms with Crippen molar-refractivity contribution < 1.29 is 14.4 Å². The average Bonchev–Trinajstić information content (AvgIpc) is 3.11. The minimum absolute atomic E-state index is 0.277. The fourth-order valence-electron chi connectivity index (χ4n) is 2.23. The van der Waals surface area contributed by atoms with Gasteiger partial charge < -0.3 is 10.6 Å². The van der Waals surface area contributed by atoms with Crippen LogP contribution in [-0.2, 0) is 9.63 Å². The van der Waals surface area contributed by atoms with Crippen molar-refractivity contribution >= 4 is 23.3 Å². The Morgan fingerprint density at radius 2 is 2.00 bits per heavy atom. The number of aromatic nitrogens is 1. The van der Waals surface area contributed by atoms with Crippen molar-refractivity contribution in [2.75, 3.05) is 5.01 Å². The van der Waals surface area contributed by atoms with E-state index in [1.807, 2.05) is 6.07 Å². The second-order valence-electron chi connectivity index (χ2n) is 5.06. The summed E-state index contributed by atoms with van der Waals surface area (Å²) in [6.07, 6.45) is 2.72. The summed E-state index contributed by atoms with van der Waals surface area (Å²) in [5, 5.41) is 4.88. The lowest BCUT2D eigenvalue weighted by molar-refractivity contribution is -0.131. The Hall–Kier alpha value is -3.42. The van der Waals surface area contributed by atoms with Crippen LogP contribution in [0.5, 0.6) is 0 Å². The zero-order valence-electron chi connectivity index (χ0n) is 12.6. The van der Waals surface area contributed by atoms with Crippen LogP contribution in [0.4, 0.5) is 10.5 Å². The van der Waals surface area contributed by atoms with E-state index in [0.717, 1.165) is 10.6 Å². The number of primary amides is 1. The van der Waals surface area contributed by atoms with Gasteiger partial charge in [-0.1, -0.05) is 23.4 Å². The highest BCUT2D eigenvalue weighted by molar-refractivity contribution is 6.04. The summed E-state index contributed by atoms with van der Waals surface area (Å²) in [5.74, 6) is -0.514. The number of nitrogens with zero attached hydrogens (tertiary/aromatic N) is 3. The zero-order valence-corrected chi connectivity index (χ0v) is 12.6. The molecule has 0 spiro atoms.